The number of nitrogens with one attached hydrogen (secondary N) is 1. The number of hydrogen-bond acceptors (Lipinski definition) is 8. The molecule has 0 atom stereocenters. The van der Waals surface area contributed by atoms with Gasteiger partial charge in [-0.15, -0.1) is 0 Å². The molecule has 0 bridgehead atoms. The lowest BCUT2D eigenvalue weighted by Gasteiger charge is -2.37. The van der Waals surface area contributed by atoms with Crippen LogP contribution in [0.2, 0.25) is 0 Å². The van der Waals surface area contributed by atoms with E-state index >= 15 is 0 Å². The minimum Gasteiger partial charge on any atom is -0.493 e. The number of thiocarbonyl (C=S) groups is 1. The van der Waals surface area contributed by atoms with Crippen molar-refractivity contribution in [1.29, 1.82) is 0 Å². The van der Waals surface area contributed by atoms with Crippen LogP contribution in [0.25, 0.3) is 10.9 Å². The Hall–Kier alpha value is -2.88. The van der Waals surface area contributed by atoms with E-state index in [1.165, 1.54) is 7.11 Å². The number of carbonyl (C=O) groups excluding carboxylic acids is 1. The summed E-state index contributed by atoms with van der Waals surface area (Å²) in [4.78, 5) is 24.3. The molecule has 0 unspecified atom stereocenters. The second-order valence-corrected chi connectivity index (χ2v) is 6.52. The maximum Gasteiger partial charge on any atom is 0.325 e. The predicted octanol–water partition coefficient (Wildman–Crippen LogP) is 0.817. The molecule has 1 saturated heterocycles. The molecule has 1 N–H and O–H groups in total. The van der Waals surface area contributed by atoms with Crippen molar-refractivity contribution in [2.24, 2.45) is 0 Å². The van der Waals surface area contributed by atoms with Crippen LogP contribution >= 0.6 is 12.2 Å². The number of aromatic nitrogens is 2. The third-order valence-corrected chi connectivity index (χ3v) is 5.00. The Morgan fingerprint density at radius 1 is 1.11 bits per heavy atom. The average Bonchev–Trinajstić information content (AvgIpc) is 2.75. The smallest absolute Gasteiger partial charge is 0.325 e. The standard InChI is InChI=1S/C18H23N5O4S/c1-25-14-8-12-13(9-15(14)26-2)20-11-21-17(12)22-4-6-23(7-5-22)18(28)19-10-16(24)27-3/h8-9,11H,4-7,10H2,1-3H3,(H,19,28). The molecule has 0 saturated carbocycles. The van der Waals surface area contributed by atoms with Gasteiger partial charge in [0.1, 0.15) is 18.7 Å². The predicted molar refractivity (Wildman–Crippen MR) is 109 cm³/mol. The molecule has 0 amide bonds. The van der Waals surface area contributed by atoms with Crippen molar-refractivity contribution in [2.75, 3.05) is 59.0 Å². The maximum atomic E-state index is 11.3. The molecule has 1 aliphatic heterocycles. The second-order valence-electron chi connectivity index (χ2n) is 6.13. The zero-order chi connectivity index (χ0) is 20.1. The topological polar surface area (TPSA) is 89.1 Å². The molecule has 150 valence electrons. The molecular weight excluding hydrogens is 382 g/mol. The zero-order valence-corrected chi connectivity index (χ0v) is 16.9. The minimum absolute atomic E-state index is 0.0632. The van der Waals surface area contributed by atoms with Crippen LogP contribution in [0.5, 0.6) is 11.5 Å². The lowest BCUT2D eigenvalue weighted by atomic mass is 10.2. The van der Waals surface area contributed by atoms with Gasteiger partial charge in [0.05, 0.1) is 26.8 Å². The fourth-order valence-electron chi connectivity index (χ4n) is 3.07. The molecule has 10 heteroatoms. The number of piperazine rings is 1. The number of methoxy groups -OCH3 is 3. The fourth-order valence-corrected chi connectivity index (χ4v) is 3.33. The molecule has 1 fully saturated rings. The Kier molecular flexibility index (Phi) is 6.30. The van der Waals surface area contributed by atoms with Crippen molar-refractivity contribution in [3.05, 3.63) is 18.5 Å². The molecule has 9 nitrogen and oxygen atoms in total. The summed E-state index contributed by atoms with van der Waals surface area (Å²) in [5.74, 6) is 1.77. The van der Waals surface area contributed by atoms with Crippen LogP contribution in [0.1, 0.15) is 0 Å². The summed E-state index contributed by atoms with van der Waals surface area (Å²) in [6.07, 6.45) is 1.55. The van der Waals surface area contributed by atoms with Crippen molar-refractivity contribution in [2.45, 2.75) is 0 Å². The molecule has 28 heavy (non-hydrogen) atoms. The highest BCUT2D eigenvalue weighted by Crippen LogP contribution is 2.34. The third-order valence-electron chi connectivity index (χ3n) is 4.60. The quantitative estimate of drug-likeness (QED) is 0.569. The third kappa shape index (κ3) is 4.16. The number of nitrogens with zero attached hydrogens (tertiary/aromatic N) is 4. The van der Waals surface area contributed by atoms with Crippen LogP contribution in [-0.4, -0.2) is 80.0 Å². The molecular formula is C18H23N5O4S. The highest BCUT2D eigenvalue weighted by atomic mass is 32.1. The van der Waals surface area contributed by atoms with E-state index in [0.717, 1.165) is 29.8 Å². The highest BCUT2D eigenvalue weighted by molar-refractivity contribution is 7.80. The monoisotopic (exact) mass is 405 g/mol. The van der Waals surface area contributed by atoms with E-state index < -0.39 is 0 Å². The molecule has 1 aliphatic rings. The zero-order valence-electron chi connectivity index (χ0n) is 16.1. The first kappa shape index (κ1) is 19.9. The Morgan fingerprint density at radius 2 is 1.79 bits per heavy atom. The Balaban J connectivity index is 1.73. The van der Waals surface area contributed by atoms with Crippen LogP contribution in [0.4, 0.5) is 5.82 Å². The lowest BCUT2D eigenvalue weighted by molar-refractivity contribution is -0.139. The summed E-state index contributed by atoms with van der Waals surface area (Å²) in [5.41, 5.74) is 0.792. The molecule has 3 rings (SSSR count). The molecule has 2 heterocycles. The van der Waals surface area contributed by atoms with Crippen molar-refractivity contribution in [1.82, 2.24) is 20.2 Å². The van der Waals surface area contributed by atoms with Gasteiger partial charge in [-0.05, 0) is 18.3 Å². The Labute approximate surface area is 168 Å². The number of carbonyl (C=O) groups is 1. The molecule has 2 aromatic rings. The number of anilines is 1. The van der Waals surface area contributed by atoms with Crippen LogP contribution in [0.15, 0.2) is 18.5 Å². The number of esters is 1. The van der Waals surface area contributed by atoms with Crippen molar-refractivity contribution in [3.63, 3.8) is 0 Å². The number of rotatable bonds is 5. The van der Waals surface area contributed by atoms with E-state index in [2.05, 4.69) is 24.9 Å². The summed E-state index contributed by atoms with van der Waals surface area (Å²) in [5, 5.41) is 4.37. The van der Waals surface area contributed by atoms with Crippen molar-refractivity contribution >= 4 is 40.0 Å². The fraction of sp³-hybridized carbons (Fsp3) is 0.444. The first-order valence-electron chi connectivity index (χ1n) is 8.78. The first-order chi connectivity index (χ1) is 13.6. The van der Waals surface area contributed by atoms with Gasteiger partial charge in [-0.3, -0.25) is 4.79 Å². The Bertz CT molecular complexity index is 870. The van der Waals surface area contributed by atoms with Crippen LogP contribution in [0.3, 0.4) is 0 Å². The van der Waals surface area contributed by atoms with Crippen LogP contribution in [0, 0.1) is 0 Å². The van der Waals surface area contributed by atoms with Gasteiger partial charge in [-0.1, -0.05) is 0 Å². The van der Waals surface area contributed by atoms with E-state index in [9.17, 15) is 4.79 Å². The van der Waals surface area contributed by atoms with E-state index in [4.69, 9.17) is 21.7 Å². The highest BCUT2D eigenvalue weighted by Gasteiger charge is 2.22. The summed E-state index contributed by atoms with van der Waals surface area (Å²) < 4.78 is 15.4. The lowest BCUT2D eigenvalue weighted by Crippen LogP contribution is -2.52. The summed E-state index contributed by atoms with van der Waals surface area (Å²) >= 11 is 5.37. The van der Waals surface area contributed by atoms with Crippen LogP contribution in [-0.2, 0) is 9.53 Å². The Morgan fingerprint density at radius 3 is 2.43 bits per heavy atom. The summed E-state index contributed by atoms with van der Waals surface area (Å²) in [7, 11) is 4.55. The molecule has 0 radical (unpaired) electrons. The van der Waals surface area contributed by atoms with E-state index in [1.54, 1.807) is 20.5 Å². The molecule has 1 aromatic carbocycles. The van der Waals surface area contributed by atoms with E-state index in [-0.39, 0.29) is 12.5 Å². The number of ether oxygens (including phenoxy) is 3. The van der Waals surface area contributed by atoms with Crippen LogP contribution < -0.4 is 19.7 Å². The summed E-state index contributed by atoms with van der Waals surface area (Å²) in [6, 6.07) is 3.75. The van der Waals surface area contributed by atoms with Gasteiger partial charge in [-0.25, -0.2) is 9.97 Å². The number of benzene rings is 1. The SMILES string of the molecule is COC(=O)CNC(=S)N1CCN(c2ncnc3cc(OC)c(OC)cc23)CC1. The van der Waals surface area contributed by atoms with Gasteiger partial charge >= 0.3 is 5.97 Å². The van der Waals surface area contributed by atoms with Gasteiger partial charge in [0, 0.05) is 37.6 Å². The van der Waals surface area contributed by atoms with Crippen molar-refractivity contribution < 1.29 is 19.0 Å². The van der Waals surface area contributed by atoms with Crippen molar-refractivity contribution in [3.8, 4) is 11.5 Å². The van der Waals surface area contributed by atoms with E-state index in [1.807, 2.05) is 17.0 Å². The van der Waals surface area contributed by atoms with E-state index in [0.29, 0.717) is 29.7 Å². The number of hydrogen-bond donors (Lipinski definition) is 1. The van der Waals surface area contributed by atoms with Gasteiger partial charge in [0.25, 0.3) is 0 Å². The van der Waals surface area contributed by atoms with Gasteiger partial charge < -0.3 is 29.3 Å². The normalized spacial score (nSPS) is 14.0. The average molecular weight is 405 g/mol. The summed E-state index contributed by atoms with van der Waals surface area (Å²) in [6.45, 7) is 2.96. The first-order valence-corrected chi connectivity index (χ1v) is 9.19. The second kappa shape index (κ2) is 8.87. The van der Waals surface area contributed by atoms with Gasteiger partial charge in [0.2, 0.25) is 0 Å². The molecule has 0 aliphatic carbocycles. The number of fused-ring (bicyclic) bond motifs is 1. The van der Waals surface area contributed by atoms with Gasteiger partial charge in [0.15, 0.2) is 16.6 Å². The maximum absolute atomic E-state index is 11.3. The molecule has 1 aromatic heterocycles. The minimum atomic E-state index is -0.349. The van der Waals surface area contributed by atoms with Gasteiger partial charge in [-0.2, -0.15) is 0 Å². The largest absolute Gasteiger partial charge is 0.493 e. The molecule has 0 spiro atoms.